The molecule has 2 rings (SSSR count). The number of aryl methyl sites for hydroxylation is 1. The molecule has 0 aliphatic rings. The first-order valence-corrected chi connectivity index (χ1v) is 7.13. The van der Waals surface area contributed by atoms with E-state index >= 15 is 0 Å². The lowest BCUT2D eigenvalue weighted by atomic mass is 10.1. The van der Waals surface area contributed by atoms with Gasteiger partial charge in [0.05, 0.1) is 22.3 Å². The zero-order chi connectivity index (χ0) is 16.1. The number of carbonyl (C=O) groups excluding carboxylic acids is 1. The van der Waals surface area contributed by atoms with Crippen LogP contribution in [0.5, 0.6) is 5.75 Å². The van der Waals surface area contributed by atoms with Crippen LogP contribution >= 0.6 is 15.9 Å². The maximum Gasteiger partial charge on any atom is 0.271 e. The highest BCUT2D eigenvalue weighted by atomic mass is 79.9. The Morgan fingerprint density at radius 3 is 2.68 bits per heavy atom. The third kappa shape index (κ3) is 3.71. The second kappa shape index (κ2) is 6.87. The van der Waals surface area contributed by atoms with E-state index in [2.05, 4.69) is 26.5 Å². The lowest BCUT2D eigenvalue weighted by Crippen LogP contribution is -2.17. The van der Waals surface area contributed by atoms with Crippen molar-refractivity contribution in [1.82, 2.24) is 5.43 Å². The molecule has 22 heavy (non-hydrogen) atoms. The number of hydrazone groups is 1. The molecule has 0 heterocycles. The molecule has 6 heteroatoms. The summed E-state index contributed by atoms with van der Waals surface area (Å²) in [6, 6.07) is 11.7. The molecule has 0 aliphatic carbocycles. The van der Waals surface area contributed by atoms with Crippen LogP contribution in [0.2, 0.25) is 0 Å². The van der Waals surface area contributed by atoms with Crippen molar-refractivity contribution in [3.63, 3.8) is 0 Å². The van der Waals surface area contributed by atoms with Crippen molar-refractivity contribution in [3.05, 3.63) is 63.1 Å². The topological polar surface area (TPSA) is 85.5 Å². The molecule has 0 aliphatic heterocycles. The van der Waals surface area contributed by atoms with Crippen LogP contribution in [0.15, 0.2) is 46.0 Å². The van der Waals surface area contributed by atoms with Crippen LogP contribution in [0.25, 0.3) is 0 Å². The van der Waals surface area contributed by atoms with E-state index in [0.29, 0.717) is 21.2 Å². The number of hydrogen-bond acceptors (Lipinski definition) is 4. The van der Waals surface area contributed by atoms with E-state index in [4.69, 9.17) is 5.26 Å². The minimum absolute atomic E-state index is 0.0574. The quantitative estimate of drug-likeness (QED) is 0.653. The Labute approximate surface area is 136 Å². The first-order chi connectivity index (χ1) is 10.5. The number of aromatic hydroxyl groups is 1. The predicted molar refractivity (Wildman–Crippen MR) is 86.8 cm³/mol. The van der Waals surface area contributed by atoms with Gasteiger partial charge >= 0.3 is 0 Å². The summed E-state index contributed by atoms with van der Waals surface area (Å²) in [7, 11) is 0. The number of benzene rings is 2. The molecular formula is C16H12BrN3O2. The number of phenols is 1. The van der Waals surface area contributed by atoms with Gasteiger partial charge in [-0.1, -0.05) is 0 Å². The molecular weight excluding hydrogens is 346 g/mol. The van der Waals surface area contributed by atoms with Crippen LogP contribution < -0.4 is 5.43 Å². The molecule has 0 bridgehead atoms. The Hall–Kier alpha value is -2.65. The number of amides is 1. The third-order valence-electron chi connectivity index (χ3n) is 2.88. The van der Waals surface area contributed by atoms with Crippen molar-refractivity contribution >= 4 is 28.1 Å². The Balaban J connectivity index is 2.09. The second-order valence-corrected chi connectivity index (χ2v) is 5.43. The molecule has 0 radical (unpaired) electrons. The summed E-state index contributed by atoms with van der Waals surface area (Å²) in [6.45, 7) is 1.89. The largest absolute Gasteiger partial charge is 0.506 e. The molecule has 0 aromatic heterocycles. The molecule has 110 valence electrons. The Kier molecular flexibility index (Phi) is 4.92. The Morgan fingerprint density at radius 2 is 2.05 bits per heavy atom. The van der Waals surface area contributed by atoms with Crippen LogP contribution in [0.3, 0.4) is 0 Å². The molecule has 0 unspecified atom stereocenters. The molecule has 0 saturated carbocycles. The summed E-state index contributed by atoms with van der Waals surface area (Å²) >= 11 is 3.24. The Morgan fingerprint density at radius 1 is 1.36 bits per heavy atom. The summed E-state index contributed by atoms with van der Waals surface area (Å²) in [4.78, 5) is 11.9. The minimum Gasteiger partial charge on any atom is -0.506 e. The van der Waals surface area contributed by atoms with Gasteiger partial charge in [0.1, 0.15) is 5.75 Å². The third-order valence-corrected chi connectivity index (χ3v) is 3.49. The number of rotatable bonds is 3. The van der Waals surface area contributed by atoms with Crippen molar-refractivity contribution in [3.8, 4) is 11.8 Å². The van der Waals surface area contributed by atoms with Crippen LogP contribution in [0, 0.1) is 18.3 Å². The van der Waals surface area contributed by atoms with Gasteiger partial charge in [-0.15, -0.1) is 0 Å². The van der Waals surface area contributed by atoms with Crippen LogP contribution in [-0.4, -0.2) is 17.2 Å². The van der Waals surface area contributed by atoms with E-state index < -0.39 is 5.91 Å². The molecule has 5 nitrogen and oxygen atoms in total. The summed E-state index contributed by atoms with van der Waals surface area (Å²) in [6.07, 6.45) is 1.37. The minimum atomic E-state index is -0.396. The standard InChI is InChI=1S/C16H12BrN3O2/c1-10-6-13(15(21)14(17)7-10)9-19-20-16(22)12-4-2-11(8-18)3-5-12/h2-7,9,21H,1H3,(H,20,22)/b19-9+. The number of nitrogens with zero attached hydrogens (tertiary/aromatic N) is 2. The van der Waals surface area contributed by atoms with E-state index in [1.165, 1.54) is 6.21 Å². The zero-order valence-electron chi connectivity index (χ0n) is 11.7. The van der Waals surface area contributed by atoms with E-state index in [9.17, 15) is 9.90 Å². The number of phenolic OH excluding ortho intramolecular Hbond substituents is 1. The summed E-state index contributed by atoms with van der Waals surface area (Å²) in [5.74, 6) is -0.339. The number of hydrogen-bond donors (Lipinski definition) is 2. The molecule has 0 spiro atoms. The summed E-state index contributed by atoms with van der Waals surface area (Å²) < 4.78 is 0.562. The highest BCUT2D eigenvalue weighted by Crippen LogP contribution is 2.28. The maximum atomic E-state index is 11.9. The maximum absolute atomic E-state index is 11.9. The number of carbonyl (C=O) groups is 1. The van der Waals surface area contributed by atoms with Gasteiger partial charge in [-0.3, -0.25) is 4.79 Å². The molecule has 2 aromatic carbocycles. The average Bonchev–Trinajstić information content (AvgIpc) is 2.51. The zero-order valence-corrected chi connectivity index (χ0v) is 13.3. The second-order valence-electron chi connectivity index (χ2n) is 4.57. The molecule has 0 atom stereocenters. The fourth-order valence-electron chi connectivity index (χ4n) is 1.78. The van der Waals surface area contributed by atoms with Gasteiger partial charge in [0.2, 0.25) is 0 Å². The summed E-state index contributed by atoms with van der Waals surface area (Å²) in [5.41, 5.74) is 4.69. The van der Waals surface area contributed by atoms with E-state index in [-0.39, 0.29) is 5.75 Å². The van der Waals surface area contributed by atoms with Gasteiger partial charge in [0, 0.05) is 11.1 Å². The molecule has 0 saturated heterocycles. The number of halogens is 1. The Bertz CT molecular complexity index is 777. The van der Waals surface area contributed by atoms with Crippen molar-refractivity contribution in [2.24, 2.45) is 5.10 Å². The van der Waals surface area contributed by atoms with Crippen molar-refractivity contribution < 1.29 is 9.90 Å². The fourth-order valence-corrected chi connectivity index (χ4v) is 2.37. The molecule has 2 aromatic rings. The average molecular weight is 358 g/mol. The van der Waals surface area contributed by atoms with Crippen LogP contribution in [0.4, 0.5) is 0 Å². The molecule has 2 N–H and O–H groups in total. The van der Waals surface area contributed by atoms with Gasteiger partial charge in [0.25, 0.3) is 5.91 Å². The highest BCUT2D eigenvalue weighted by Gasteiger charge is 2.06. The SMILES string of the molecule is Cc1cc(Br)c(O)c(/C=N/NC(=O)c2ccc(C#N)cc2)c1. The predicted octanol–water partition coefficient (Wildman–Crippen LogP) is 3.10. The molecule has 1 amide bonds. The fraction of sp³-hybridized carbons (Fsp3) is 0.0625. The van der Waals surface area contributed by atoms with Crippen molar-refractivity contribution in [2.45, 2.75) is 6.92 Å². The van der Waals surface area contributed by atoms with E-state index in [0.717, 1.165) is 5.56 Å². The monoisotopic (exact) mass is 357 g/mol. The normalized spacial score (nSPS) is 10.4. The van der Waals surface area contributed by atoms with Gasteiger partial charge in [-0.05, 0) is 64.8 Å². The van der Waals surface area contributed by atoms with E-state index in [1.807, 2.05) is 13.0 Å². The smallest absolute Gasteiger partial charge is 0.271 e. The lowest BCUT2D eigenvalue weighted by molar-refractivity contribution is 0.0955. The first kappa shape index (κ1) is 15.7. The van der Waals surface area contributed by atoms with Gasteiger partial charge in [-0.25, -0.2) is 5.43 Å². The van der Waals surface area contributed by atoms with Gasteiger partial charge in [0.15, 0.2) is 0 Å². The van der Waals surface area contributed by atoms with Gasteiger partial charge in [-0.2, -0.15) is 10.4 Å². The number of nitrogens with one attached hydrogen (secondary N) is 1. The van der Waals surface area contributed by atoms with Crippen molar-refractivity contribution in [2.75, 3.05) is 0 Å². The summed E-state index contributed by atoms with van der Waals surface area (Å²) in [5, 5.41) is 22.4. The van der Waals surface area contributed by atoms with Crippen molar-refractivity contribution in [1.29, 1.82) is 5.26 Å². The van der Waals surface area contributed by atoms with Gasteiger partial charge < -0.3 is 5.11 Å². The molecule has 0 fully saturated rings. The van der Waals surface area contributed by atoms with Crippen LogP contribution in [0.1, 0.15) is 27.0 Å². The van der Waals surface area contributed by atoms with Crippen LogP contribution in [-0.2, 0) is 0 Å². The van der Waals surface area contributed by atoms with E-state index in [1.54, 1.807) is 36.4 Å². The first-order valence-electron chi connectivity index (χ1n) is 6.34. The lowest BCUT2D eigenvalue weighted by Gasteiger charge is -2.04. The number of nitriles is 1. The highest BCUT2D eigenvalue weighted by molar-refractivity contribution is 9.10.